The van der Waals surface area contributed by atoms with Crippen LogP contribution in [-0.2, 0) is 13.6 Å². The summed E-state index contributed by atoms with van der Waals surface area (Å²) in [6.07, 6.45) is 1.45. The Balaban J connectivity index is 1.80. The minimum absolute atomic E-state index is 0.216. The lowest BCUT2D eigenvalue weighted by atomic mass is 10.1. The molecule has 0 spiro atoms. The first-order valence-electron chi connectivity index (χ1n) is 6.86. The number of carbonyl (C=O) groups is 1. The maximum Gasteiger partial charge on any atom is 0.253 e. The van der Waals surface area contributed by atoms with Crippen molar-refractivity contribution in [3.63, 3.8) is 0 Å². The monoisotopic (exact) mass is 375 g/mol. The number of aryl methyl sites for hydroxylation is 1. The molecular weight excluding hydrogens is 362 g/mol. The van der Waals surface area contributed by atoms with Crippen LogP contribution in [0.25, 0.3) is 5.69 Å². The summed E-state index contributed by atoms with van der Waals surface area (Å²) >= 11 is 3.49. The number of rotatable bonds is 4. The molecule has 23 heavy (non-hydrogen) atoms. The van der Waals surface area contributed by atoms with Crippen molar-refractivity contribution in [2.45, 2.75) is 13.5 Å². The van der Waals surface area contributed by atoms with Gasteiger partial charge in [-0.2, -0.15) is 9.78 Å². The highest BCUT2D eigenvalue weighted by molar-refractivity contribution is 9.10. The summed E-state index contributed by atoms with van der Waals surface area (Å²) in [5, 5.41) is 18.3. The van der Waals surface area contributed by atoms with Gasteiger partial charge in [-0.1, -0.05) is 12.1 Å². The first-order valence-corrected chi connectivity index (χ1v) is 7.65. The molecule has 1 aromatic carbocycles. The zero-order valence-corrected chi connectivity index (χ0v) is 14.1. The Bertz CT molecular complexity index is 841. The second kappa shape index (κ2) is 6.29. The van der Waals surface area contributed by atoms with Crippen molar-refractivity contribution in [1.82, 2.24) is 35.3 Å². The lowest BCUT2D eigenvalue weighted by Gasteiger charge is -2.08. The van der Waals surface area contributed by atoms with Crippen LogP contribution in [0.2, 0.25) is 0 Å². The van der Waals surface area contributed by atoms with Crippen LogP contribution >= 0.6 is 15.9 Å². The van der Waals surface area contributed by atoms with E-state index < -0.39 is 0 Å². The lowest BCUT2D eigenvalue weighted by molar-refractivity contribution is 0.0950. The molecule has 0 aliphatic heterocycles. The summed E-state index contributed by atoms with van der Waals surface area (Å²) in [6, 6.07) is 7.13. The van der Waals surface area contributed by atoms with Crippen molar-refractivity contribution >= 4 is 21.8 Å². The number of amides is 1. The molecule has 1 N–H and O–H groups in total. The number of hydrogen-bond donors (Lipinski definition) is 1. The van der Waals surface area contributed by atoms with E-state index in [9.17, 15) is 4.79 Å². The molecule has 9 heteroatoms. The van der Waals surface area contributed by atoms with Gasteiger partial charge in [-0.3, -0.25) is 9.48 Å². The number of aromatic nitrogens is 6. The van der Waals surface area contributed by atoms with Crippen molar-refractivity contribution in [2.24, 2.45) is 7.05 Å². The fraction of sp³-hybridized carbons (Fsp3) is 0.214. The van der Waals surface area contributed by atoms with Crippen molar-refractivity contribution in [2.75, 3.05) is 0 Å². The summed E-state index contributed by atoms with van der Waals surface area (Å²) in [7, 11) is 1.86. The van der Waals surface area contributed by atoms with Crippen molar-refractivity contribution in [1.29, 1.82) is 0 Å². The molecule has 0 unspecified atom stereocenters. The number of tetrazole rings is 1. The summed E-state index contributed by atoms with van der Waals surface area (Å²) < 4.78 is 4.12. The molecule has 0 aliphatic rings. The highest BCUT2D eigenvalue weighted by atomic mass is 79.9. The van der Waals surface area contributed by atoms with E-state index in [2.05, 4.69) is 41.9 Å². The second-order valence-electron chi connectivity index (χ2n) is 4.92. The first kappa shape index (κ1) is 15.3. The molecule has 0 atom stereocenters. The maximum absolute atomic E-state index is 12.5. The van der Waals surface area contributed by atoms with Gasteiger partial charge in [0.15, 0.2) is 0 Å². The van der Waals surface area contributed by atoms with Crippen LogP contribution < -0.4 is 5.32 Å². The molecular formula is C14H14BrN7O. The first-order chi connectivity index (χ1) is 11.1. The van der Waals surface area contributed by atoms with E-state index in [1.807, 2.05) is 20.0 Å². The van der Waals surface area contributed by atoms with Crippen molar-refractivity contribution in [3.8, 4) is 5.69 Å². The molecule has 3 rings (SSSR count). The highest BCUT2D eigenvalue weighted by Crippen LogP contribution is 2.20. The van der Waals surface area contributed by atoms with Crippen molar-refractivity contribution in [3.05, 3.63) is 52.0 Å². The van der Waals surface area contributed by atoms with Crippen LogP contribution in [0.1, 0.15) is 21.7 Å². The highest BCUT2D eigenvalue weighted by Gasteiger charge is 2.15. The molecule has 0 bridgehead atoms. The average Bonchev–Trinajstić information content (AvgIpc) is 3.18. The Labute approximate surface area is 140 Å². The summed E-state index contributed by atoms with van der Waals surface area (Å²) in [5.74, 6) is -0.216. The van der Waals surface area contributed by atoms with Crippen LogP contribution in [0.15, 0.2) is 35.1 Å². The summed E-state index contributed by atoms with van der Waals surface area (Å²) in [4.78, 5) is 12.5. The number of carbonyl (C=O) groups excluding carboxylic acids is 1. The third kappa shape index (κ3) is 3.00. The normalized spacial score (nSPS) is 10.7. The number of halogens is 1. The van der Waals surface area contributed by atoms with Gasteiger partial charge in [0.05, 0.1) is 28.0 Å². The van der Waals surface area contributed by atoms with Gasteiger partial charge < -0.3 is 5.32 Å². The van der Waals surface area contributed by atoms with E-state index in [1.54, 1.807) is 22.9 Å². The number of nitrogens with one attached hydrogen (secondary N) is 1. The van der Waals surface area contributed by atoms with E-state index in [0.29, 0.717) is 17.8 Å². The Morgan fingerprint density at radius 3 is 2.78 bits per heavy atom. The van der Waals surface area contributed by atoms with Gasteiger partial charge in [0.2, 0.25) is 0 Å². The van der Waals surface area contributed by atoms with Crippen LogP contribution in [0.4, 0.5) is 0 Å². The fourth-order valence-corrected chi connectivity index (χ4v) is 2.64. The molecule has 1 amide bonds. The van der Waals surface area contributed by atoms with Gasteiger partial charge in [0.1, 0.15) is 6.33 Å². The van der Waals surface area contributed by atoms with Gasteiger partial charge in [-0.25, -0.2) is 0 Å². The zero-order chi connectivity index (χ0) is 16.4. The minimum atomic E-state index is -0.216. The largest absolute Gasteiger partial charge is 0.346 e. The summed E-state index contributed by atoms with van der Waals surface area (Å²) in [5.41, 5.74) is 2.89. The molecule has 2 heterocycles. The molecule has 3 aromatic rings. The Kier molecular flexibility index (Phi) is 4.20. The molecule has 0 aliphatic carbocycles. The van der Waals surface area contributed by atoms with Gasteiger partial charge in [0.25, 0.3) is 5.91 Å². The predicted molar refractivity (Wildman–Crippen MR) is 86.0 cm³/mol. The number of para-hydroxylation sites is 1. The van der Waals surface area contributed by atoms with E-state index in [4.69, 9.17) is 0 Å². The second-order valence-corrected chi connectivity index (χ2v) is 5.72. The molecule has 0 saturated heterocycles. The fourth-order valence-electron chi connectivity index (χ4n) is 2.16. The standard InChI is InChI=1S/C14H14BrN7O/c1-9-13(15)11(18-21(9)2)7-16-14(23)10-5-3-4-6-12(10)22-8-17-19-20-22/h3-6,8H,7H2,1-2H3,(H,16,23). The smallest absolute Gasteiger partial charge is 0.253 e. The van der Waals surface area contributed by atoms with E-state index in [0.717, 1.165) is 15.9 Å². The SMILES string of the molecule is Cc1c(Br)c(CNC(=O)c2ccccc2-n2cnnn2)nn1C. The van der Waals surface area contributed by atoms with Crippen LogP contribution in [0.3, 0.4) is 0 Å². The van der Waals surface area contributed by atoms with Crippen LogP contribution in [-0.4, -0.2) is 35.9 Å². The zero-order valence-electron chi connectivity index (χ0n) is 12.6. The molecule has 118 valence electrons. The Morgan fingerprint density at radius 1 is 1.35 bits per heavy atom. The predicted octanol–water partition coefficient (Wildman–Crippen LogP) is 1.40. The molecule has 0 fully saturated rings. The van der Waals surface area contributed by atoms with Gasteiger partial charge in [-0.15, -0.1) is 5.10 Å². The number of hydrogen-bond acceptors (Lipinski definition) is 5. The average molecular weight is 376 g/mol. The molecule has 2 aromatic heterocycles. The topological polar surface area (TPSA) is 90.5 Å². The van der Waals surface area contributed by atoms with Crippen molar-refractivity contribution < 1.29 is 4.79 Å². The van der Waals surface area contributed by atoms with E-state index >= 15 is 0 Å². The summed E-state index contributed by atoms with van der Waals surface area (Å²) in [6.45, 7) is 2.28. The Morgan fingerprint density at radius 2 is 2.13 bits per heavy atom. The third-order valence-corrected chi connectivity index (χ3v) is 4.52. The van der Waals surface area contributed by atoms with E-state index in [-0.39, 0.29) is 5.91 Å². The lowest BCUT2D eigenvalue weighted by Crippen LogP contribution is -2.24. The minimum Gasteiger partial charge on any atom is -0.346 e. The van der Waals surface area contributed by atoms with Crippen LogP contribution in [0, 0.1) is 6.92 Å². The van der Waals surface area contributed by atoms with Gasteiger partial charge in [-0.05, 0) is 45.4 Å². The Hall–Kier alpha value is -2.55. The third-order valence-electron chi connectivity index (χ3n) is 3.49. The maximum atomic E-state index is 12.5. The molecule has 0 radical (unpaired) electrons. The number of benzene rings is 1. The van der Waals surface area contributed by atoms with Crippen LogP contribution in [0.5, 0.6) is 0 Å². The molecule has 8 nitrogen and oxygen atoms in total. The quantitative estimate of drug-likeness (QED) is 0.743. The van der Waals surface area contributed by atoms with E-state index in [1.165, 1.54) is 11.0 Å². The molecule has 0 saturated carbocycles. The van der Waals surface area contributed by atoms with Gasteiger partial charge in [0, 0.05) is 12.7 Å². The number of nitrogens with zero attached hydrogens (tertiary/aromatic N) is 6. The van der Waals surface area contributed by atoms with Gasteiger partial charge >= 0.3 is 0 Å².